The van der Waals surface area contributed by atoms with Gasteiger partial charge in [0.1, 0.15) is 6.10 Å². The molecule has 0 heterocycles. The first-order valence-corrected chi connectivity index (χ1v) is 8.39. The summed E-state index contributed by atoms with van der Waals surface area (Å²) in [5, 5.41) is 0. The maximum atomic E-state index is 12.0. The predicted octanol–water partition coefficient (Wildman–Crippen LogP) is 0.903. The van der Waals surface area contributed by atoms with Crippen LogP contribution in [-0.4, -0.2) is 33.3 Å². The van der Waals surface area contributed by atoms with E-state index in [9.17, 15) is 13.2 Å². The molecule has 1 N–H and O–H groups in total. The Morgan fingerprint density at radius 1 is 1.39 bits per heavy atom. The molecule has 0 aliphatic heterocycles. The molecule has 2 aliphatic carbocycles. The lowest BCUT2D eigenvalue weighted by Crippen LogP contribution is -2.34. The van der Waals surface area contributed by atoms with Gasteiger partial charge in [0.2, 0.25) is 10.0 Å². The van der Waals surface area contributed by atoms with Crippen molar-refractivity contribution < 1.29 is 17.9 Å². The maximum Gasteiger partial charge on any atom is 0.309 e. The molecule has 0 spiro atoms. The van der Waals surface area contributed by atoms with Gasteiger partial charge >= 0.3 is 5.97 Å². The molecule has 0 aromatic rings. The summed E-state index contributed by atoms with van der Waals surface area (Å²) in [6.07, 6.45) is 5.19. The van der Waals surface area contributed by atoms with Gasteiger partial charge in [-0.2, -0.15) is 0 Å². The Morgan fingerprint density at radius 3 is 2.61 bits per heavy atom. The number of nitrogens with one attached hydrogen (secondary N) is 1. The minimum Gasteiger partial charge on any atom is -0.461 e. The number of rotatable bonds is 5. The average molecular weight is 275 g/mol. The Hall–Kier alpha value is -0.620. The molecule has 104 valence electrons. The van der Waals surface area contributed by atoms with E-state index in [-0.39, 0.29) is 18.4 Å². The van der Waals surface area contributed by atoms with Crippen molar-refractivity contribution in [3.8, 4) is 0 Å². The van der Waals surface area contributed by atoms with Crippen LogP contribution in [0.5, 0.6) is 0 Å². The molecule has 0 radical (unpaired) electrons. The standard InChI is InChI=1S/C12H21NO4S/c1-8(7-13-18(2,15)16)17-12(14)11-6-9-3-4-10(11)5-9/h8-11,13H,3-7H2,1-2H3/t8-,9+,10+,11-/m1/s1. The number of sulfonamides is 1. The van der Waals surface area contributed by atoms with Crippen molar-refractivity contribution in [1.82, 2.24) is 4.72 Å². The van der Waals surface area contributed by atoms with E-state index in [1.54, 1.807) is 6.92 Å². The lowest BCUT2D eigenvalue weighted by molar-refractivity contribution is -0.154. The third-order valence-electron chi connectivity index (χ3n) is 3.99. The summed E-state index contributed by atoms with van der Waals surface area (Å²) < 4.78 is 29.5. The maximum absolute atomic E-state index is 12.0. The minimum absolute atomic E-state index is 0.0458. The summed E-state index contributed by atoms with van der Waals surface area (Å²) in [5.41, 5.74) is 0. The smallest absolute Gasteiger partial charge is 0.309 e. The van der Waals surface area contributed by atoms with E-state index in [2.05, 4.69) is 4.72 Å². The van der Waals surface area contributed by atoms with Crippen LogP contribution in [-0.2, 0) is 19.6 Å². The van der Waals surface area contributed by atoms with Crippen LogP contribution in [0.15, 0.2) is 0 Å². The van der Waals surface area contributed by atoms with Crippen molar-refractivity contribution in [3.63, 3.8) is 0 Å². The van der Waals surface area contributed by atoms with Gasteiger partial charge in [-0.1, -0.05) is 6.42 Å². The van der Waals surface area contributed by atoms with Gasteiger partial charge in [-0.05, 0) is 38.0 Å². The third kappa shape index (κ3) is 3.45. The Morgan fingerprint density at radius 2 is 2.11 bits per heavy atom. The second-order valence-corrected chi connectivity index (χ2v) is 7.48. The molecule has 6 heteroatoms. The molecule has 2 rings (SSSR count). The molecule has 0 aromatic heterocycles. The van der Waals surface area contributed by atoms with E-state index in [0.717, 1.165) is 25.5 Å². The Kier molecular flexibility index (Phi) is 3.96. The number of hydrogen-bond acceptors (Lipinski definition) is 4. The molecule has 0 saturated heterocycles. The van der Waals surface area contributed by atoms with Crippen molar-refractivity contribution in [3.05, 3.63) is 0 Å². The van der Waals surface area contributed by atoms with Crippen LogP contribution in [0.3, 0.4) is 0 Å². The molecule has 4 atom stereocenters. The summed E-state index contributed by atoms with van der Waals surface area (Å²) in [5.74, 6) is 1.10. The summed E-state index contributed by atoms with van der Waals surface area (Å²) in [7, 11) is -3.22. The lowest BCUT2D eigenvalue weighted by atomic mass is 9.89. The summed E-state index contributed by atoms with van der Waals surface area (Å²) in [4.78, 5) is 12.0. The first-order chi connectivity index (χ1) is 8.35. The zero-order valence-corrected chi connectivity index (χ0v) is 11.7. The average Bonchev–Trinajstić information content (AvgIpc) is 2.87. The number of hydrogen-bond donors (Lipinski definition) is 1. The number of carbonyl (C=O) groups is 1. The molecular formula is C12H21NO4S. The van der Waals surface area contributed by atoms with Crippen LogP contribution < -0.4 is 4.72 Å². The van der Waals surface area contributed by atoms with Crippen molar-refractivity contribution >= 4 is 16.0 Å². The number of carbonyl (C=O) groups excluding carboxylic acids is 1. The minimum atomic E-state index is -3.22. The van der Waals surface area contributed by atoms with Gasteiger partial charge in [-0.15, -0.1) is 0 Å². The van der Waals surface area contributed by atoms with Gasteiger partial charge in [0.25, 0.3) is 0 Å². The van der Waals surface area contributed by atoms with Gasteiger partial charge in [-0.25, -0.2) is 13.1 Å². The summed E-state index contributed by atoms with van der Waals surface area (Å²) in [6, 6.07) is 0. The fraction of sp³-hybridized carbons (Fsp3) is 0.917. The van der Waals surface area contributed by atoms with E-state index < -0.39 is 16.1 Å². The van der Waals surface area contributed by atoms with E-state index in [1.165, 1.54) is 6.42 Å². The summed E-state index contributed by atoms with van der Waals surface area (Å²) >= 11 is 0. The Bertz CT molecular complexity index is 420. The number of ether oxygens (including phenoxy) is 1. The van der Waals surface area contributed by atoms with Gasteiger partial charge in [0.05, 0.1) is 12.2 Å². The van der Waals surface area contributed by atoms with Crippen molar-refractivity contribution in [2.24, 2.45) is 17.8 Å². The normalized spacial score (nSPS) is 32.4. The van der Waals surface area contributed by atoms with Crippen molar-refractivity contribution in [2.75, 3.05) is 12.8 Å². The highest BCUT2D eigenvalue weighted by molar-refractivity contribution is 7.88. The Labute approximate surface area is 108 Å². The quantitative estimate of drug-likeness (QED) is 0.757. The predicted molar refractivity (Wildman–Crippen MR) is 67.3 cm³/mol. The van der Waals surface area contributed by atoms with Gasteiger partial charge in [0.15, 0.2) is 0 Å². The first kappa shape index (κ1) is 13.8. The molecule has 0 aromatic carbocycles. The van der Waals surface area contributed by atoms with Crippen LogP contribution in [0, 0.1) is 17.8 Å². The molecule has 2 fully saturated rings. The van der Waals surface area contributed by atoms with Crippen LogP contribution in [0.2, 0.25) is 0 Å². The van der Waals surface area contributed by atoms with Crippen LogP contribution in [0.1, 0.15) is 32.6 Å². The van der Waals surface area contributed by atoms with Crippen LogP contribution in [0.4, 0.5) is 0 Å². The largest absolute Gasteiger partial charge is 0.461 e. The highest BCUT2D eigenvalue weighted by Gasteiger charge is 2.44. The number of esters is 1. The highest BCUT2D eigenvalue weighted by atomic mass is 32.2. The van der Waals surface area contributed by atoms with Gasteiger partial charge in [0, 0.05) is 6.54 Å². The topological polar surface area (TPSA) is 72.5 Å². The zero-order valence-electron chi connectivity index (χ0n) is 10.9. The zero-order chi connectivity index (χ0) is 13.3. The molecule has 2 bridgehead atoms. The van der Waals surface area contributed by atoms with E-state index in [0.29, 0.717) is 11.8 Å². The van der Waals surface area contributed by atoms with Crippen molar-refractivity contribution in [2.45, 2.75) is 38.7 Å². The fourth-order valence-corrected chi connectivity index (χ4v) is 3.67. The SMILES string of the molecule is C[C@H](CNS(C)(=O)=O)OC(=O)[C@@H]1C[C@H]2CC[C@H]1C2. The Balaban J connectivity index is 1.77. The first-order valence-electron chi connectivity index (χ1n) is 6.50. The highest BCUT2D eigenvalue weighted by Crippen LogP contribution is 2.48. The molecule has 2 aliphatic rings. The van der Waals surface area contributed by atoms with Crippen LogP contribution >= 0.6 is 0 Å². The second-order valence-electron chi connectivity index (χ2n) is 5.65. The van der Waals surface area contributed by atoms with Gasteiger partial charge in [-0.3, -0.25) is 4.79 Å². The van der Waals surface area contributed by atoms with Gasteiger partial charge < -0.3 is 4.74 Å². The molecular weight excluding hydrogens is 254 g/mol. The lowest BCUT2D eigenvalue weighted by Gasteiger charge is -2.22. The molecule has 2 saturated carbocycles. The fourth-order valence-electron chi connectivity index (χ4n) is 3.13. The summed E-state index contributed by atoms with van der Waals surface area (Å²) in [6.45, 7) is 1.86. The number of fused-ring (bicyclic) bond motifs is 2. The van der Waals surface area contributed by atoms with E-state index >= 15 is 0 Å². The monoisotopic (exact) mass is 275 g/mol. The second kappa shape index (κ2) is 5.17. The van der Waals surface area contributed by atoms with E-state index in [4.69, 9.17) is 4.74 Å². The molecule has 0 unspecified atom stereocenters. The van der Waals surface area contributed by atoms with Crippen LogP contribution in [0.25, 0.3) is 0 Å². The van der Waals surface area contributed by atoms with Crippen molar-refractivity contribution in [1.29, 1.82) is 0 Å². The molecule has 18 heavy (non-hydrogen) atoms. The van der Waals surface area contributed by atoms with E-state index in [1.807, 2.05) is 0 Å². The third-order valence-corrected chi connectivity index (χ3v) is 4.68. The molecule has 5 nitrogen and oxygen atoms in total. The molecule has 0 amide bonds.